The van der Waals surface area contributed by atoms with Crippen molar-refractivity contribution < 1.29 is 27.8 Å². The second kappa shape index (κ2) is 11.5. The van der Waals surface area contributed by atoms with Gasteiger partial charge in [0.25, 0.3) is 0 Å². The van der Waals surface area contributed by atoms with E-state index >= 15 is 0 Å². The fraction of sp³-hybridized carbons (Fsp3) is 0.435. The molecular weight excluding hydrogens is 446 g/mol. The number of para-hydroxylation sites is 2. The van der Waals surface area contributed by atoms with Crippen LogP contribution in [-0.4, -0.2) is 58.1 Å². The number of hydrogen-bond acceptors (Lipinski definition) is 6. The van der Waals surface area contributed by atoms with Crippen LogP contribution >= 0.6 is 0 Å². The van der Waals surface area contributed by atoms with Crippen molar-refractivity contribution in [3.8, 4) is 5.75 Å². The fourth-order valence-electron chi connectivity index (χ4n) is 3.74. The van der Waals surface area contributed by atoms with Gasteiger partial charge in [-0.05, 0) is 50.5 Å². The number of aliphatic hydroxyl groups is 1. The van der Waals surface area contributed by atoms with Gasteiger partial charge in [0.15, 0.2) is 0 Å². The molecule has 3 rings (SSSR count). The van der Waals surface area contributed by atoms with Gasteiger partial charge in [-0.1, -0.05) is 29.8 Å². The van der Waals surface area contributed by atoms with Crippen molar-refractivity contribution in [2.75, 3.05) is 25.6 Å². The monoisotopic (exact) mass is 477 g/mol. The van der Waals surface area contributed by atoms with Crippen molar-refractivity contribution in [3.05, 3.63) is 54.1 Å². The van der Waals surface area contributed by atoms with Crippen molar-refractivity contribution in [1.82, 2.24) is 10.0 Å². The second-order valence-electron chi connectivity index (χ2n) is 7.96. The van der Waals surface area contributed by atoms with Gasteiger partial charge in [0.05, 0.1) is 36.4 Å². The molecule has 0 aliphatic carbocycles. The maximum atomic E-state index is 12.4. The van der Waals surface area contributed by atoms with Crippen LogP contribution in [0.15, 0.2) is 53.4 Å². The summed E-state index contributed by atoms with van der Waals surface area (Å²) in [5.41, 5.74) is 1.52. The lowest BCUT2D eigenvalue weighted by molar-refractivity contribution is -0.0884. The molecule has 0 spiro atoms. The first-order valence-corrected chi connectivity index (χ1v) is 12.3. The molecule has 9 nitrogen and oxygen atoms in total. The Labute approximate surface area is 194 Å². The number of carbonyl (C=O) groups is 1. The molecule has 1 aliphatic rings. The molecule has 0 aromatic heterocycles. The predicted molar refractivity (Wildman–Crippen MR) is 125 cm³/mol. The van der Waals surface area contributed by atoms with E-state index in [0.717, 1.165) is 5.56 Å². The number of aliphatic hydroxyl groups excluding tert-OH is 1. The highest BCUT2D eigenvalue weighted by Crippen LogP contribution is 2.24. The average Bonchev–Trinajstić information content (AvgIpc) is 2.80. The minimum atomic E-state index is -3.59. The third-order valence-electron chi connectivity index (χ3n) is 5.56. The smallest absolute Gasteiger partial charge is 0.319 e. The highest BCUT2D eigenvalue weighted by molar-refractivity contribution is 7.89. The Morgan fingerprint density at radius 2 is 1.88 bits per heavy atom. The zero-order valence-corrected chi connectivity index (χ0v) is 19.6. The van der Waals surface area contributed by atoms with Crippen LogP contribution in [0, 0.1) is 6.92 Å². The van der Waals surface area contributed by atoms with E-state index in [4.69, 9.17) is 9.47 Å². The molecule has 33 heavy (non-hydrogen) atoms. The van der Waals surface area contributed by atoms with Crippen LogP contribution in [0.3, 0.4) is 0 Å². The van der Waals surface area contributed by atoms with E-state index in [1.54, 1.807) is 48.5 Å². The normalized spacial score (nSPS) is 20.8. The number of anilines is 1. The fourth-order valence-corrected chi connectivity index (χ4v) is 4.79. The summed E-state index contributed by atoms with van der Waals surface area (Å²) in [7, 11) is -2.07. The van der Waals surface area contributed by atoms with Gasteiger partial charge in [0, 0.05) is 6.54 Å². The van der Waals surface area contributed by atoms with E-state index in [1.807, 2.05) is 6.92 Å². The second-order valence-corrected chi connectivity index (χ2v) is 9.73. The van der Waals surface area contributed by atoms with Crippen LogP contribution in [-0.2, 0) is 14.8 Å². The van der Waals surface area contributed by atoms with Crippen LogP contribution in [0.1, 0.15) is 24.8 Å². The van der Waals surface area contributed by atoms with Gasteiger partial charge in [-0.2, -0.15) is 0 Å². The van der Waals surface area contributed by atoms with Crippen LogP contribution in [0.5, 0.6) is 5.75 Å². The minimum absolute atomic E-state index is 0.214. The third-order valence-corrected chi connectivity index (χ3v) is 7.03. The lowest BCUT2D eigenvalue weighted by Gasteiger charge is -2.36. The van der Waals surface area contributed by atoms with E-state index in [0.29, 0.717) is 30.7 Å². The molecule has 0 unspecified atom stereocenters. The molecule has 0 radical (unpaired) electrons. The maximum Gasteiger partial charge on any atom is 0.319 e. The van der Waals surface area contributed by atoms with Gasteiger partial charge in [-0.15, -0.1) is 0 Å². The SMILES string of the molecule is COc1ccccc1NC(=O)N[C@H]1CC[C@@H](CCNS(=O)(=O)c2ccc(C)cc2)O[C@@H]1CO. The highest BCUT2D eigenvalue weighted by atomic mass is 32.2. The number of ether oxygens (including phenoxy) is 2. The number of rotatable bonds is 9. The third kappa shape index (κ3) is 6.91. The van der Waals surface area contributed by atoms with E-state index in [-0.39, 0.29) is 30.2 Å². The lowest BCUT2D eigenvalue weighted by Crippen LogP contribution is -2.52. The number of hydrogen-bond donors (Lipinski definition) is 4. The van der Waals surface area contributed by atoms with E-state index in [9.17, 15) is 18.3 Å². The summed E-state index contributed by atoms with van der Waals surface area (Å²) in [4.78, 5) is 12.7. The molecule has 1 fully saturated rings. The number of benzene rings is 2. The quantitative estimate of drug-likeness (QED) is 0.439. The molecule has 3 atom stereocenters. The summed E-state index contributed by atoms with van der Waals surface area (Å²) in [6.45, 7) is 1.85. The topological polar surface area (TPSA) is 126 Å². The minimum Gasteiger partial charge on any atom is -0.495 e. The van der Waals surface area contributed by atoms with Gasteiger partial charge in [0.1, 0.15) is 11.9 Å². The number of carbonyl (C=O) groups excluding carboxylic acids is 1. The average molecular weight is 478 g/mol. The molecule has 10 heteroatoms. The molecule has 0 bridgehead atoms. The first-order chi connectivity index (χ1) is 15.8. The van der Waals surface area contributed by atoms with Gasteiger partial charge in [0.2, 0.25) is 10.0 Å². The summed E-state index contributed by atoms with van der Waals surface area (Å²) in [6.07, 6.45) is 0.878. The summed E-state index contributed by atoms with van der Waals surface area (Å²) in [5.74, 6) is 0.541. The van der Waals surface area contributed by atoms with Crippen molar-refractivity contribution in [3.63, 3.8) is 0 Å². The Morgan fingerprint density at radius 3 is 2.58 bits per heavy atom. The molecular formula is C23H31N3O6S. The van der Waals surface area contributed by atoms with Crippen LogP contribution in [0.4, 0.5) is 10.5 Å². The number of nitrogens with one attached hydrogen (secondary N) is 3. The highest BCUT2D eigenvalue weighted by Gasteiger charge is 2.32. The van der Waals surface area contributed by atoms with Crippen molar-refractivity contribution in [2.24, 2.45) is 0 Å². The Kier molecular flexibility index (Phi) is 8.67. The molecule has 1 aliphatic heterocycles. The number of amides is 2. The standard InChI is InChI=1S/C23H31N3O6S/c1-16-7-10-18(11-8-16)33(29,30)24-14-13-17-9-12-20(22(15-27)32-17)26-23(28)25-19-5-3-4-6-21(19)31-2/h3-8,10-11,17,20,22,24,27H,9,12-15H2,1-2H3,(H2,25,26,28)/t17-,20-,22+/m0/s1. The van der Waals surface area contributed by atoms with Gasteiger partial charge in [-0.3, -0.25) is 0 Å². The summed E-state index contributed by atoms with van der Waals surface area (Å²) >= 11 is 0. The van der Waals surface area contributed by atoms with Crippen LogP contribution < -0.4 is 20.1 Å². The van der Waals surface area contributed by atoms with E-state index in [2.05, 4.69) is 15.4 Å². The van der Waals surface area contributed by atoms with Crippen LogP contribution in [0.25, 0.3) is 0 Å². The molecule has 4 N–H and O–H groups in total. The number of sulfonamides is 1. The molecule has 2 aromatic rings. The van der Waals surface area contributed by atoms with Crippen molar-refractivity contribution in [2.45, 2.75) is 49.3 Å². The van der Waals surface area contributed by atoms with E-state index in [1.165, 1.54) is 7.11 Å². The molecule has 0 saturated carbocycles. The van der Waals surface area contributed by atoms with E-state index < -0.39 is 22.2 Å². The van der Waals surface area contributed by atoms with Crippen molar-refractivity contribution >= 4 is 21.7 Å². The summed E-state index contributed by atoms with van der Waals surface area (Å²) in [6, 6.07) is 12.9. The van der Waals surface area contributed by atoms with Crippen LogP contribution in [0.2, 0.25) is 0 Å². The van der Waals surface area contributed by atoms with Crippen molar-refractivity contribution in [1.29, 1.82) is 0 Å². The zero-order chi connectivity index (χ0) is 23.8. The molecule has 1 saturated heterocycles. The molecule has 2 aromatic carbocycles. The van der Waals surface area contributed by atoms with Gasteiger partial charge >= 0.3 is 6.03 Å². The largest absolute Gasteiger partial charge is 0.495 e. The summed E-state index contributed by atoms with van der Waals surface area (Å²) < 4.78 is 38.6. The summed E-state index contributed by atoms with van der Waals surface area (Å²) in [5, 5.41) is 15.4. The predicted octanol–water partition coefficient (Wildman–Crippen LogP) is 2.40. The Hall–Kier alpha value is -2.66. The number of urea groups is 1. The zero-order valence-electron chi connectivity index (χ0n) is 18.8. The lowest BCUT2D eigenvalue weighted by atomic mass is 9.97. The molecule has 180 valence electrons. The Balaban J connectivity index is 1.48. The first-order valence-electron chi connectivity index (χ1n) is 10.9. The number of methoxy groups -OCH3 is 1. The Bertz CT molecular complexity index is 1030. The van der Waals surface area contributed by atoms with Gasteiger partial charge < -0.3 is 25.2 Å². The number of aryl methyl sites for hydroxylation is 1. The Morgan fingerprint density at radius 1 is 1.15 bits per heavy atom. The molecule has 1 heterocycles. The van der Waals surface area contributed by atoms with Gasteiger partial charge in [-0.25, -0.2) is 17.9 Å². The maximum absolute atomic E-state index is 12.4. The first kappa shape index (κ1) is 25.0. The molecule has 2 amide bonds.